The molecule has 22 heavy (non-hydrogen) atoms. The van der Waals surface area contributed by atoms with Crippen molar-refractivity contribution in [1.29, 1.82) is 0 Å². The molecule has 2 heterocycles. The summed E-state index contributed by atoms with van der Waals surface area (Å²) >= 11 is 1.62. The molecular weight excluding hydrogens is 294 g/mol. The van der Waals surface area contributed by atoms with E-state index in [1.165, 1.54) is 0 Å². The van der Waals surface area contributed by atoms with Crippen molar-refractivity contribution in [2.24, 2.45) is 0 Å². The Labute approximate surface area is 135 Å². The van der Waals surface area contributed by atoms with Crippen LogP contribution in [0.1, 0.15) is 43.0 Å². The van der Waals surface area contributed by atoms with Crippen LogP contribution in [0.4, 0.5) is 0 Å². The monoisotopic (exact) mass is 315 g/mol. The molecule has 2 aromatic rings. The van der Waals surface area contributed by atoms with Crippen molar-refractivity contribution >= 4 is 17.3 Å². The number of esters is 1. The van der Waals surface area contributed by atoms with E-state index in [1.54, 1.807) is 11.3 Å². The summed E-state index contributed by atoms with van der Waals surface area (Å²) < 4.78 is 5.76. The van der Waals surface area contributed by atoms with Gasteiger partial charge in [0.05, 0.1) is 0 Å². The van der Waals surface area contributed by atoms with Gasteiger partial charge >= 0.3 is 5.97 Å². The number of likely N-dealkylation sites (tertiary alicyclic amines) is 1. The van der Waals surface area contributed by atoms with Gasteiger partial charge in [-0.25, -0.2) is 4.79 Å². The minimum Gasteiger partial charge on any atom is -0.456 e. The van der Waals surface area contributed by atoms with Crippen molar-refractivity contribution in [2.75, 3.05) is 13.1 Å². The van der Waals surface area contributed by atoms with Gasteiger partial charge in [-0.1, -0.05) is 30.3 Å². The highest BCUT2D eigenvalue weighted by molar-refractivity contribution is 7.08. The second kappa shape index (κ2) is 7.07. The van der Waals surface area contributed by atoms with Gasteiger partial charge in [-0.05, 0) is 60.8 Å². The Balaban J connectivity index is 1.75. The maximum absolute atomic E-state index is 12.8. The van der Waals surface area contributed by atoms with Crippen LogP contribution in [0.15, 0.2) is 47.2 Å². The molecule has 1 aliphatic rings. The van der Waals surface area contributed by atoms with Crippen LogP contribution in [-0.4, -0.2) is 24.0 Å². The van der Waals surface area contributed by atoms with E-state index in [9.17, 15) is 4.79 Å². The van der Waals surface area contributed by atoms with E-state index >= 15 is 0 Å². The first kappa shape index (κ1) is 15.3. The largest absolute Gasteiger partial charge is 0.456 e. The number of hydrogen-bond donors (Lipinski definition) is 0. The van der Waals surface area contributed by atoms with Crippen LogP contribution in [-0.2, 0) is 9.53 Å². The molecule has 0 bridgehead atoms. The maximum atomic E-state index is 12.8. The van der Waals surface area contributed by atoms with E-state index in [2.05, 4.69) is 10.3 Å². The van der Waals surface area contributed by atoms with Gasteiger partial charge in [-0.2, -0.15) is 11.3 Å². The third kappa shape index (κ3) is 3.39. The molecule has 3 nitrogen and oxygen atoms in total. The lowest BCUT2D eigenvalue weighted by molar-refractivity contribution is -0.155. The van der Waals surface area contributed by atoms with Gasteiger partial charge in [0.25, 0.3) is 0 Å². The molecule has 1 saturated heterocycles. The number of carbonyl (C=O) groups excluding carboxylic acids is 1. The zero-order valence-corrected chi connectivity index (χ0v) is 13.6. The molecule has 0 amide bonds. The van der Waals surface area contributed by atoms with E-state index in [0.29, 0.717) is 0 Å². The van der Waals surface area contributed by atoms with Gasteiger partial charge in [0.2, 0.25) is 0 Å². The number of benzene rings is 1. The van der Waals surface area contributed by atoms with E-state index < -0.39 is 0 Å². The van der Waals surface area contributed by atoms with Crippen molar-refractivity contribution in [3.63, 3.8) is 0 Å². The Bertz CT molecular complexity index is 591. The molecule has 0 radical (unpaired) electrons. The third-order valence-corrected chi connectivity index (χ3v) is 4.85. The fourth-order valence-electron chi connectivity index (χ4n) is 2.96. The Morgan fingerprint density at radius 1 is 1.14 bits per heavy atom. The molecule has 0 saturated carbocycles. The number of thiophene rings is 1. The van der Waals surface area contributed by atoms with Gasteiger partial charge in [0, 0.05) is 0 Å². The van der Waals surface area contributed by atoms with Gasteiger partial charge in [-0.3, -0.25) is 4.90 Å². The first-order valence-electron chi connectivity index (χ1n) is 7.77. The Morgan fingerprint density at radius 3 is 2.50 bits per heavy atom. The van der Waals surface area contributed by atoms with Crippen LogP contribution in [0.25, 0.3) is 0 Å². The topological polar surface area (TPSA) is 29.5 Å². The second-order valence-corrected chi connectivity index (χ2v) is 6.47. The zero-order valence-electron chi connectivity index (χ0n) is 12.8. The summed E-state index contributed by atoms with van der Waals surface area (Å²) in [7, 11) is 0. The quantitative estimate of drug-likeness (QED) is 0.775. The number of carbonyl (C=O) groups is 1. The van der Waals surface area contributed by atoms with Crippen molar-refractivity contribution in [3.8, 4) is 0 Å². The van der Waals surface area contributed by atoms with Crippen LogP contribution >= 0.6 is 11.3 Å². The average Bonchev–Trinajstić information content (AvgIpc) is 3.22. The summed E-state index contributed by atoms with van der Waals surface area (Å²) in [5.74, 6) is -0.142. The van der Waals surface area contributed by atoms with Crippen molar-refractivity contribution < 1.29 is 9.53 Å². The maximum Gasteiger partial charge on any atom is 0.328 e. The van der Waals surface area contributed by atoms with Gasteiger partial charge < -0.3 is 4.74 Å². The number of rotatable bonds is 5. The van der Waals surface area contributed by atoms with Gasteiger partial charge in [0.15, 0.2) is 0 Å². The van der Waals surface area contributed by atoms with Crippen molar-refractivity contribution in [1.82, 2.24) is 4.90 Å². The molecule has 0 aliphatic carbocycles. The summed E-state index contributed by atoms with van der Waals surface area (Å²) in [5, 5.41) is 4.07. The molecule has 0 N–H and O–H groups in total. The molecule has 2 unspecified atom stereocenters. The Morgan fingerprint density at radius 2 is 1.86 bits per heavy atom. The molecule has 1 aromatic carbocycles. The van der Waals surface area contributed by atoms with Crippen LogP contribution in [0.3, 0.4) is 0 Å². The number of hydrogen-bond acceptors (Lipinski definition) is 4. The highest BCUT2D eigenvalue weighted by Gasteiger charge is 2.32. The number of nitrogens with zero attached hydrogens (tertiary/aromatic N) is 1. The molecule has 1 aliphatic heterocycles. The lowest BCUT2D eigenvalue weighted by atomic mass is 10.1. The van der Waals surface area contributed by atoms with E-state index in [4.69, 9.17) is 4.74 Å². The zero-order chi connectivity index (χ0) is 15.4. The Hall–Kier alpha value is -1.65. The highest BCUT2D eigenvalue weighted by atomic mass is 32.1. The van der Waals surface area contributed by atoms with Crippen LogP contribution in [0.2, 0.25) is 0 Å². The highest BCUT2D eigenvalue weighted by Crippen LogP contribution is 2.30. The fourth-order valence-corrected chi connectivity index (χ4v) is 3.64. The molecule has 0 spiro atoms. The smallest absolute Gasteiger partial charge is 0.328 e. The molecule has 4 heteroatoms. The minimum absolute atomic E-state index is 0.142. The first-order chi connectivity index (χ1) is 10.8. The standard InChI is InChI=1S/C18H21NO2S/c1-14(15-7-3-2-4-8-15)21-18(20)17(16-9-12-22-13-16)19-10-5-6-11-19/h2-4,7-9,12-14,17H,5-6,10-11H2,1H3. The summed E-state index contributed by atoms with van der Waals surface area (Å²) in [5.41, 5.74) is 2.08. The van der Waals surface area contributed by atoms with Gasteiger partial charge in [0.1, 0.15) is 12.1 Å². The van der Waals surface area contributed by atoms with E-state index in [-0.39, 0.29) is 18.1 Å². The van der Waals surface area contributed by atoms with Crippen molar-refractivity contribution in [2.45, 2.75) is 31.9 Å². The summed E-state index contributed by atoms with van der Waals surface area (Å²) in [6.45, 7) is 3.87. The SMILES string of the molecule is CC(OC(=O)C(c1ccsc1)N1CCCC1)c1ccccc1. The second-order valence-electron chi connectivity index (χ2n) is 5.69. The van der Waals surface area contributed by atoms with Crippen molar-refractivity contribution in [3.05, 3.63) is 58.3 Å². The van der Waals surface area contributed by atoms with Gasteiger partial charge in [-0.15, -0.1) is 0 Å². The fraction of sp³-hybridized carbons (Fsp3) is 0.389. The normalized spacial score (nSPS) is 18.0. The first-order valence-corrected chi connectivity index (χ1v) is 8.71. The van der Waals surface area contributed by atoms with E-state index in [1.807, 2.05) is 48.7 Å². The lowest BCUT2D eigenvalue weighted by Gasteiger charge is -2.26. The number of ether oxygens (including phenoxy) is 1. The molecule has 1 aromatic heterocycles. The van der Waals surface area contributed by atoms with Crippen LogP contribution in [0.5, 0.6) is 0 Å². The minimum atomic E-state index is -0.264. The van der Waals surface area contributed by atoms with Crippen LogP contribution in [0, 0.1) is 0 Å². The van der Waals surface area contributed by atoms with Crippen LogP contribution < -0.4 is 0 Å². The predicted octanol–water partition coefficient (Wildman–Crippen LogP) is 4.19. The molecule has 116 valence electrons. The Kier molecular flexibility index (Phi) is 4.90. The lowest BCUT2D eigenvalue weighted by Crippen LogP contribution is -2.33. The summed E-state index contributed by atoms with van der Waals surface area (Å²) in [6, 6.07) is 11.7. The summed E-state index contributed by atoms with van der Waals surface area (Å²) in [6.07, 6.45) is 2.09. The third-order valence-electron chi connectivity index (χ3n) is 4.15. The molecule has 1 fully saturated rings. The average molecular weight is 315 g/mol. The molecule has 3 rings (SSSR count). The molecular formula is C18H21NO2S. The predicted molar refractivity (Wildman–Crippen MR) is 88.8 cm³/mol. The summed E-state index contributed by atoms with van der Waals surface area (Å²) in [4.78, 5) is 15.0. The molecule has 2 atom stereocenters. The van der Waals surface area contributed by atoms with E-state index in [0.717, 1.165) is 37.1 Å².